The van der Waals surface area contributed by atoms with E-state index < -0.39 is 12.1 Å². The average Bonchev–Trinajstić information content (AvgIpc) is 3.24. The summed E-state index contributed by atoms with van der Waals surface area (Å²) >= 11 is 0. The summed E-state index contributed by atoms with van der Waals surface area (Å²) < 4.78 is 33.8. The Labute approximate surface area is 194 Å². The number of carboxylic acid groups (broad SMARTS) is 1. The molecule has 0 bridgehead atoms. The molecule has 1 amide bonds. The molecule has 180 valence electrons. The second-order valence-corrected chi connectivity index (χ2v) is 8.56. The first kappa shape index (κ1) is 23.7. The predicted octanol–water partition coefficient (Wildman–Crippen LogP) is 3.90. The lowest BCUT2D eigenvalue weighted by Crippen LogP contribution is -2.48. The lowest BCUT2D eigenvalue weighted by Gasteiger charge is -2.36. The second-order valence-electron chi connectivity index (χ2n) is 8.56. The number of hydrogen-bond acceptors (Lipinski definition) is 4. The summed E-state index contributed by atoms with van der Waals surface area (Å²) in [5, 5.41) is 12.9. The van der Waals surface area contributed by atoms with Gasteiger partial charge in [0.25, 0.3) is 0 Å². The number of hydrogen-bond donors (Lipinski definition) is 2. The molecule has 1 aliphatic carbocycles. The van der Waals surface area contributed by atoms with E-state index in [2.05, 4.69) is 57.7 Å². The zero-order valence-corrected chi connectivity index (χ0v) is 18.3. The van der Waals surface area contributed by atoms with Crippen LogP contribution in [0.3, 0.4) is 0 Å². The molecule has 1 saturated carbocycles. The minimum atomic E-state index is -5.08. The molecule has 1 fully saturated rings. The average molecular weight is 474 g/mol. The Balaban J connectivity index is 0.000000344. The largest absolute Gasteiger partial charge is 0.490 e. The van der Waals surface area contributed by atoms with Crippen molar-refractivity contribution in [2.45, 2.75) is 50.6 Å². The van der Waals surface area contributed by atoms with E-state index >= 15 is 0 Å². The van der Waals surface area contributed by atoms with Gasteiger partial charge in [-0.25, -0.2) is 9.78 Å². The molecule has 7 nitrogen and oxygen atoms in total. The van der Waals surface area contributed by atoms with E-state index in [4.69, 9.17) is 9.90 Å². The number of rotatable bonds is 4. The van der Waals surface area contributed by atoms with Crippen molar-refractivity contribution in [1.82, 2.24) is 19.8 Å². The molecule has 0 spiro atoms. The Kier molecular flexibility index (Phi) is 6.87. The number of aromatic nitrogens is 2. The molecular formula is C24H25F3N4O3. The number of amides is 1. The van der Waals surface area contributed by atoms with Crippen LogP contribution in [-0.4, -0.2) is 50.2 Å². The van der Waals surface area contributed by atoms with Crippen molar-refractivity contribution < 1.29 is 27.9 Å². The number of carboxylic acids is 1. The fraction of sp³-hybridized carbons (Fsp3) is 0.375. The van der Waals surface area contributed by atoms with Crippen LogP contribution in [-0.2, 0) is 22.7 Å². The van der Waals surface area contributed by atoms with Crippen LogP contribution in [0, 0.1) is 0 Å². The topological polar surface area (TPSA) is 87.5 Å². The Hall–Kier alpha value is -3.40. The van der Waals surface area contributed by atoms with Crippen LogP contribution in [0.15, 0.2) is 55.0 Å². The molecule has 1 aromatic heterocycles. The van der Waals surface area contributed by atoms with E-state index in [0.29, 0.717) is 12.6 Å². The lowest BCUT2D eigenvalue weighted by molar-refractivity contribution is -0.192. The van der Waals surface area contributed by atoms with Crippen LogP contribution in [0.25, 0.3) is 10.8 Å². The van der Waals surface area contributed by atoms with Gasteiger partial charge in [-0.3, -0.25) is 9.69 Å². The SMILES string of the molecule is O=C(NC1CCC1)C1CN(Cc2cccc3ccccc23)Cc2cncn21.O=C(O)C(F)(F)F. The molecule has 5 rings (SSSR count). The number of imidazole rings is 1. The summed E-state index contributed by atoms with van der Waals surface area (Å²) in [4.78, 5) is 28.4. The summed E-state index contributed by atoms with van der Waals surface area (Å²) in [7, 11) is 0. The maximum Gasteiger partial charge on any atom is 0.490 e. The molecule has 10 heteroatoms. The van der Waals surface area contributed by atoms with Gasteiger partial charge in [0, 0.05) is 31.9 Å². The van der Waals surface area contributed by atoms with Gasteiger partial charge in [-0.05, 0) is 35.6 Å². The standard InChI is InChI=1S/C22H24N4O.C2HF3O2/c27-22(24-18-8-4-9-18)21-14-25(13-19-11-23-15-26(19)21)12-17-7-3-6-16-5-1-2-10-20(16)17;3-2(4,5)1(6)7/h1-3,5-7,10-11,15,18,21H,4,8-9,12-14H2,(H,24,27);(H,6,7). The van der Waals surface area contributed by atoms with Crippen molar-refractivity contribution in [1.29, 1.82) is 0 Å². The maximum absolute atomic E-state index is 12.9. The Bertz CT molecular complexity index is 1170. The number of nitrogens with one attached hydrogen (secondary N) is 1. The monoisotopic (exact) mass is 474 g/mol. The summed E-state index contributed by atoms with van der Waals surface area (Å²) in [6.07, 6.45) is 2.04. The number of carbonyl (C=O) groups excluding carboxylic acids is 1. The van der Waals surface area contributed by atoms with Gasteiger partial charge in [0.2, 0.25) is 5.91 Å². The van der Waals surface area contributed by atoms with Crippen molar-refractivity contribution >= 4 is 22.6 Å². The van der Waals surface area contributed by atoms with Gasteiger partial charge < -0.3 is 15.0 Å². The summed E-state index contributed by atoms with van der Waals surface area (Å²) in [6.45, 7) is 2.36. The second kappa shape index (κ2) is 9.84. The van der Waals surface area contributed by atoms with E-state index in [0.717, 1.165) is 31.6 Å². The number of halogens is 3. The molecule has 1 atom stereocenters. The molecule has 2 aromatic carbocycles. The van der Waals surface area contributed by atoms with Crippen LogP contribution in [0.4, 0.5) is 13.2 Å². The molecule has 3 aromatic rings. The highest BCUT2D eigenvalue weighted by Gasteiger charge is 2.38. The summed E-state index contributed by atoms with van der Waals surface area (Å²) in [6, 6.07) is 15.1. The third kappa shape index (κ3) is 5.39. The highest BCUT2D eigenvalue weighted by Crippen LogP contribution is 2.27. The Morgan fingerprint density at radius 3 is 2.50 bits per heavy atom. The molecule has 2 heterocycles. The fourth-order valence-corrected chi connectivity index (χ4v) is 4.21. The zero-order chi connectivity index (χ0) is 24.3. The van der Waals surface area contributed by atoms with Crippen molar-refractivity contribution in [2.24, 2.45) is 0 Å². The molecule has 0 saturated heterocycles. The van der Waals surface area contributed by atoms with Gasteiger partial charge in [-0.1, -0.05) is 42.5 Å². The van der Waals surface area contributed by atoms with E-state index in [9.17, 15) is 18.0 Å². The third-order valence-corrected chi connectivity index (χ3v) is 6.17. The van der Waals surface area contributed by atoms with Crippen molar-refractivity contribution in [3.05, 3.63) is 66.2 Å². The molecule has 1 aliphatic heterocycles. The van der Waals surface area contributed by atoms with E-state index in [-0.39, 0.29) is 11.9 Å². The number of benzene rings is 2. The minimum Gasteiger partial charge on any atom is -0.475 e. The van der Waals surface area contributed by atoms with Crippen LogP contribution in [0.5, 0.6) is 0 Å². The van der Waals surface area contributed by atoms with Gasteiger partial charge in [0.05, 0.1) is 12.0 Å². The van der Waals surface area contributed by atoms with Gasteiger partial charge in [-0.2, -0.15) is 13.2 Å². The van der Waals surface area contributed by atoms with E-state index in [1.54, 1.807) is 6.33 Å². The van der Waals surface area contributed by atoms with E-state index in [1.807, 2.05) is 10.8 Å². The molecule has 2 N–H and O–H groups in total. The first-order valence-corrected chi connectivity index (χ1v) is 11.0. The Morgan fingerprint density at radius 1 is 1.12 bits per heavy atom. The molecule has 1 unspecified atom stereocenters. The van der Waals surface area contributed by atoms with Gasteiger partial charge in [-0.15, -0.1) is 0 Å². The lowest BCUT2D eigenvalue weighted by atomic mass is 9.93. The van der Waals surface area contributed by atoms with Crippen LogP contribution in [0.1, 0.15) is 36.6 Å². The first-order valence-electron chi connectivity index (χ1n) is 11.0. The highest BCUT2D eigenvalue weighted by atomic mass is 19.4. The van der Waals surface area contributed by atoms with Crippen molar-refractivity contribution in [3.8, 4) is 0 Å². The third-order valence-electron chi connectivity index (χ3n) is 6.17. The number of nitrogens with zero attached hydrogens (tertiary/aromatic N) is 3. The number of fused-ring (bicyclic) bond motifs is 2. The maximum atomic E-state index is 12.9. The van der Waals surface area contributed by atoms with Crippen LogP contribution in [0.2, 0.25) is 0 Å². The van der Waals surface area contributed by atoms with Crippen molar-refractivity contribution in [3.63, 3.8) is 0 Å². The highest BCUT2D eigenvalue weighted by molar-refractivity contribution is 5.85. The van der Waals surface area contributed by atoms with Crippen molar-refractivity contribution in [2.75, 3.05) is 6.54 Å². The zero-order valence-electron chi connectivity index (χ0n) is 18.3. The Morgan fingerprint density at radius 2 is 1.82 bits per heavy atom. The molecule has 0 radical (unpaired) electrons. The molecule has 34 heavy (non-hydrogen) atoms. The predicted molar refractivity (Wildman–Crippen MR) is 119 cm³/mol. The van der Waals surface area contributed by atoms with Gasteiger partial charge >= 0.3 is 12.1 Å². The number of carbonyl (C=O) groups is 2. The van der Waals surface area contributed by atoms with Crippen LogP contribution < -0.4 is 5.32 Å². The first-order chi connectivity index (χ1) is 16.2. The normalized spacial score (nSPS) is 18.4. The molecule has 2 aliphatic rings. The summed E-state index contributed by atoms with van der Waals surface area (Å²) in [5.74, 6) is -2.63. The fourth-order valence-electron chi connectivity index (χ4n) is 4.21. The smallest absolute Gasteiger partial charge is 0.475 e. The number of alkyl halides is 3. The molecular weight excluding hydrogens is 449 g/mol. The van der Waals surface area contributed by atoms with E-state index in [1.165, 1.54) is 22.8 Å². The number of aliphatic carboxylic acids is 1. The van der Waals surface area contributed by atoms with Gasteiger partial charge in [0.1, 0.15) is 6.04 Å². The van der Waals surface area contributed by atoms with Gasteiger partial charge in [0.15, 0.2) is 0 Å². The minimum absolute atomic E-state index is 0.126. The van der Waals surface area contributed by atoms with Crippen LogP contribution >= 0.6 is 0 Å². The summed E-state index contributed by atoms with van der Waals surface area (Å²) in [5.41, 5.74) is 2.41. The quantitative estimate of drug-likeness (QED) is 0.599.